The van der Waals surface area contributed by atoms with Crippen LogP contribution in [0.2, 0.25) is 5.02 Å². The molecule has 2 heterocycles. The highest BCUT2D eigenvalue weighted by Gasteiger charge is 2.34. The number of methoxy groups -OCH3 is 1. The molecule has 0 unspecified atom stereocenters. The Labute approximate surface area is 208 Å². The van der Waals surface area contributed by atoms with Crippen LogP contribution in [0.5, 0.6) is 5.75 Å². The summed E-state index contributed by atoms with van der Waals surface area (Å²) in [5.74, 6) is 1.37. The van der Waals surface area contributed by atoms with Crippen molar-refractivity contribution in [2.45, 2.75) is 48.6 Å². The maximum Gasteiger partial charge on any atom is 0.242 e. The molecule has 1 aromatic heterocycles. The van der Waals surface area contributed by atoms with Gasteiger partial charge in [0.05, 0.1) is 12.1 Å². The van der Waals surface area contributed by atoms with Gasteiger partial charge in [0.15, 0.2) is 5.16 Å². The fourth-order valence-electron chi connectivity index (χ4n) is 4.27. The van der Waals surface area contributed by atoms with Crippen molar-refractivity contribution in [2.75, 3.05) is 30.4 Å². The number of amides is 1. The zero-order chi connectivity index (χ0) is 23.5. The first-order chi connectivity index (χ1) is 16.6. The summed E-state index contributed by atoms with van der Waals surface area (Å²) in [4.78, 5) is 15.9. The lowest BCUT2D eigenvalue weighted by atomic mass is 10.1. The molecule has 7 nitrogen and oxygen atoms in total. The summed E-state index contributed by atoms with van der Waals surface area (Å²) in [6, 6.07) is 15.4. The number of carbonyl (C=O) groups is 1. The molecular formula is C25H28ClN5O2S. The summed E-state index contributed by atoms with van der Waals surface area (Å²) in [6.07, 6.45) is 5.87. The van der Waals surface area contributed by atoms with E-state index in [1.54, 1.807) is 25.3 Å². The first-order valence-corrected chi connectivity index (χ1v) is 13.0. The molecular weight excluding hydrogens is 470 g/mol. The van der Waals surface area contributed by atoms with Gasteiger partial charge in [-0.15, -0.1) is 10.2 Å². The Kier molecular flexibility index (Phi) is 6.97. The van der Waals surface area contributed by atoms with Gasteiger partial charge in [-0.05, 0) is 55.9 Å². The lowest BCUT2D eigenvalue weighted by Crippen LogP contribution is -2.32. The zero-order valence-corrected chi connectivity index (χ0v) is 20.7. The van der Waals surface area contributed by atoms with Gasteiger partial charge in [-0.3, -0.25) is 9.36 Å². The lowest BCUT2D eigenvalue weighted by molar-refractivity contribution is -0.115. The van der Waals surface area contributed by atoms with E-state index in [4.69, 9.17) is 16.3 Å². The highest BCUT2D eigenvalue weighted by atomic mass is 35.5. The van der Waals surface area contributed by atoms with Gasteiger partial charge >= 0.3 is 0 Å². The van der Waals surface area contributed by atoms with E-state index >= 15 is 0 Å². The van der Waals surface area contributed by atoms with Crippen LogP contribution in [0.15, 0.2) is 53.7 Å². The SMILES string of the molecule is COc1ccc(NC(=O)[C@H](Sc2nnc(N3CCCCC3)n2C2CC2)c2ccccc2)cc1Cl. The van der Waals surface area contributed by atoms with Crippen LogP contribution in [0.1, 0.15) is 49.0 Å². The number of thioether (sulfide) groups is 1. The van der Waals surface area contributed by atoms with Gasteiger partial charge in [0, 0.05) is 24.8 Å². The van der Waals surface area contributed by atoms with Gasteiger partial charge < -0.3 is 15.0 Å². The molecule has 1 N–H and O–H groups in total. The van der Waals surface area contributed by atoms with Gasteiger partial charge in [0.25, 0.3) is 0 Å². The summed E-state index contributed by atoms with van der Waals surface area (Å²) >= 11 is 7.72. The predicted molar refractivity (Wildman–Crippen MR) is 136 cm³/mol. The number of anilines is 2. The molecule has 1 saturated heterocycles. The van der Waals surface area contributed by atoms with E-state index in [0.717, 1.165) is 42.6 Å². The summed E-state index contributed by atoms with van der Waals surface area (Å²) in [7, 11) is 1.57. The van der Waals surface area contributed by atoms with Crippen molar-refractivity contribution in [1.82, 2.24) is 14.8 Å². The highest BCUT2D eigenvalue weighted by Crippen LogP contribution is 2.44. The molecule has 2 fully saturated rings. The fourth-order valence-corrected chi connectivity index (χ4v) is 5.63. The summed E-state index contributed by atoms with van der Waals surface area (Å²) in [5, 5.41) is 12.9. The van der Waals surface area contributed by atoms with Crippen LogP contribution in [0, 0.1) is 0 Å². The van der Waals surface area contributed by atoms with Crippen LogP contribution in [0.3, 0.4) is 0 Å². The standard InChI is InChI=1S/C25H28ClN5O2S/c1-33-21-13-10-18(16-20(21)26)27-23(32)22(17-8-4-2-5-9-17)34-25-29-28-24(31(25)19-11-12-19)30-14-6-3-7-15-30/h2,4-5,8-10,13,16,19,22H,3,6-7,11-12,14-15H2,1H3,(H,27,32)/t22-/m1/s1. The van der Waals surface area contributed by atoms with Gasteiger partial charge in [0.1, 0.15) is 11.0 Å². The molecule has 1 saturated carbocycles. The van der Waals surface area contributed by atoms with Crippen LogP contribution in [-0.2, 0) is 4.79 Å². The van der Waals surface area contributed by atoms with Crippen molar-refractivity contribution in [3.63, 3.8) is 0 Å². The summed E-state index contributed by atoms with van der Waals surface area (Å²) in [5.41, 5.74) is 1.53. The van der Waals surface area contributed by atoms with E-state index in [1.807, 2.05) is 30.3 Å². The van der Waals surface area contributed by atoms with Crippen molar-refractivity contribution in [2.24, 2.45) is 0 Å². The Morgan fingerprint density at radius 3 is 2.56 bits per heavy atom. The first-order valence-electron chi connectivity index (χ1n) is 11.7. The van der Waals surface area contributed by atoms with Crippen LogP contribution < -0.4 is 15.0 Å². The van der Waals surface area contributed by atoms with E-state index in [-0.39, 0.29) is 5.91 Å². The fraction of sp³-hybridized carbons (Fsp3) is 0.400. The topological polar surface area (TPSA) is 72.3 Å². The van der Waals surface area contributed by atoms with Crippen LogP contribution >= 0.6 is 23.4 Å². The maximum absolute atomic E-state index is 13.5. The monoisotopic (exact) mass is 497 g/mol. The molecule has 178 valence electrons. The minimum atomic E-state index is -0.488. The van der Waals surface area contributed by atoms with Crippen molar-refractivity contribution in [3.8, 4) is 5.75 Å². The van der Waals surface area contributed by atoms with E-state index in [0.29, 0.717) is 22.5 Å². The number of halogens is 1. The molecule has 2 aliphatic rings. The first kappa shape index (κ1) is 23.1. The Balaban J connectivity index is 1.43. The third-order valence-electron chi connectivity index (χ3n) is 6.18. The van der Waals surface area contributed by atoms with Crippen molar-refractivity contribution < 1.29 is 9.53 Å². The minimum absolute atomic E-state index is 0.137. The van der Waals surface area contributed by atoms with Crippen LogP contribution in [0.4, 0.5) is 11.6 Å². The summed E-state index contributed by atoms with van der Waals surface area (Å²) < 4.78 is 7.48. The quantitative estimate of drug-likeness (QED) is 0.400. The third-order valence-corrected chi connectivity index (χ3v) is 7.69. The minimum Gasteiger partial charge on any atom is -0.495 e. The van der Waals surface area contributed by atoms with Crippen molar-refractivity contribution >= 4 is 40.9 Å². The van der Waals surface area contributed by atoms with E-state index in [1.165, 1.54) is 31.0 Å². The molecule has 0 bridgehead atoms. The largest absolute Gasteiger partial charge is 0.495 e. The van der Waals surface area contributed by atoms with Crippen molar-refractivity contribution in [3.05, 3.63) is 59.1 Å². The van der Waals surface area contributed by atoms with E-state index < -0.39 is 5.25 Å². The van der Waals surface area contributed by atoms with Gasteiger partial charge in [-0.1, -0.05) is 53.7 Å². The molecule has 1 amide bonds. The molecule has 1 atom stereocenters. The highest BCUT2D eigenvalue weighted by molar-refractivity contribution is 8.00. The van der Waals surface area contributed by atoms with E-state index in [2.05, 4.69) is 25.0 Å². The number of nitrogens with zero attached hydrogens (tertiary/aromatic N) is 4. The predicted octanol–water partition coefficient (Wildman–Crippen LogP) is 5.74. The molecule has 1 aliphatic heterocycles. The normalized spacial score (nSPS) is 16.8. The Morgan fingerprint density at radius 2 is 1.88 bits per heavy atom. The average molecular weight is 498 g/mol. The number of hydrogen-bond acceptors (Lipinski definition) is 6. The average Bonchev–Trinajstić information content (AvgIpc) is 3.62. The zero-order valence-electron chi connectivity index (χ0n) is 19.1. The molecule has 34 heavy (non-hydrogen) atoms. The molecule has 3 aromatic rings. The number of aromatic nitrogens is 3. The molecule has 0 radical (unpaired) electrons. The molecule has 9 heteroatoms. The number of hydrogen-bond donors (Lipinski definition) is 1. The van der Waals surface area contributed by atoms with Crippen molar-refractivity contribution in [1.29, 1.82) is 0 Å². The van der Waals surface area contributed by atoms with Crippen LogP contribution in [0.25, 0.3) is 0 Å². The number of benzene rings is 2. The van der Waals surface area contributed by atoms with E-state index in [9.17, 15) is 4.79 Å². The molecule has 5 rings (SSSR count). The Morgan fingerprint density at radius 1 is 1.12 bits per heavy atom. The second-order valence-electron chi connectivity index (χ2n) is 8.68. The Hall–Kier alpha value is -2.71. The molecule has 1 aliphatic carbocycles. The number of rotatable bonds is 8. The number of carbonyl (C=O) groups excluding carboxylic acids is 1. The third kappa shape index (κ3) is 5.03. The molecule has 0 spiro atoms. The van der Waals surface area contributed by atoms with Gasteiger partial charge in [-0.25, -0.2) is 0 Å². The lowest BCUT2D eigenvalue weighted by Gasteiger charge is -2.28. The summed E-state index contributed by atoms with van der Waals surface area (Å²) in [6.45, 7) is 2.02. The second-order valence-corrected chi connectivity index (χ2v) is 10.2. The van der Waals surface area contributed by atoms with Crippen LogP contribution in [-0.4, -0.2) is 40.9 Å². The number of ether oxygens (including phenoxy) is 1. The molecule has 2 aromatic carbocycles. The maximum atomic E-state index is 13.5. The number of nitrogens with one attached hydrogen (secondary N) is 1. The van der Waals surface area contributed by atoms with Gasteiger partial charge in [-0.2, -0.15) is 0 Å². The Bertz CT molecular complexity index is 1150. The van der Waals surface area contributed by atoms with Gasteiger partial charge in [0.2, 0.25) is 11.9 Å². The number of piperidine rings is 1. The smallest absolute Gasteiger partial charge is 0.242 e. The second kappa shape index (κ2) is 10.3.